The van der Waals surface area contributed by atoms with Crippen LogP contribution in [-0.2, 0) is 18.2 Å². The van der Waals surface area contributed by atoms with Crippen LogP contribution in [0.2, 0.25) is 0 Å². The van der Waals surface area contributed by atoms with Crippen molar-refractivity contribution in [3.8, 4) is 11.3 Å². The molecule has 0 aliphatic carbocycles. The minimum atomic E-state index is 0.665. The van der Waals surface area contributed by atoms with Gasteiger partial charge < -0.3 is 14.2 Å². The molecule has 2 aromatic carbocycles. The summed E-state index contributed by atoms with van der Waals surface area (Å²) in [6, 6.07) is 12.9. The maximum absolute atomic E-state index is 5.49. The summed E-state index contributed by atoms with van der Waals surface area (Å²) in [6.45, 7) is 3.31. The second-order valence-corrected chi connectivity index (χ2v) is 9.09. The zero-order valence-electron chi connectivity index (χ0n) is 18.8. The Hall–Kier alpha value is -3.48. The number of morpholine rings is 1. The average molecular weight is 469 g/mol. The van der Waals surface area contributed by atoms with Crippen LogP contribution in [0.25, 0.3) is 33.3 Å². The van der Waals surface area contributed by atoms with Crippen molar-refractivity contribution in [3.05, 3.63) is 66.6 Å². The fourth-order valence-corrected chi connectivity index (χ4v) is 4.83. The van der Waals surface area contributed by atoms with Crippen LogP contribution < -0.4 is 10.2 Å². The second-order valence-electron chi connectivity index (χ2n) is 8.47. The van der Waals surface area contributed by atoms with E-state index in [0.717, 1.165) is 76.2 Å². The zero-order valence-corrected chi connectivity index (χ0v) is 20.0. The number of benzene rings is 2. The van der Waals surface area contributed by atoms with Crippen molar-refractivity contribution in [1.29, 1.82) is 0 Å². The molecule has 1 atom stereocenters. The highest BCUT2D eigenvalue weighted by molar-refractivity contribution is 7.28. The molecule has 170 valence electrons. The van der Waals surface area contributed by atoms with Gasteiger partial charge in [0.05, 0.1) is 36.4 Å². The van der Waals surface area contributed by atoms with E-state index in [1.54, 1.807) is 19.0 Å². The van der Waals surface area contributed by atoms with Crippen molar-refractivity contribution < 1.29 is 4.74 Å². The fourth-order valence-electron chi connectivity index (χ4n) is 4.51. The summed E-state index contributed by atoms with van der Waals surface area (Å²) < 4.78 is 7.41. The molecular weight excluding hydrogens is 445 g/mol. The number of nitrogens with zero attached hydrogens (tertiary/aromatic N) is 7. The first-order valence-electron chi connectivity index (χ1n) is 11.2. The predicted molar refractivity (Wildman–Crippen MR) is 136 cm³/mol. The minimum absolute atomic E-state index is 0.665. The van der Waals surface area contributed by atoms with Crippen molar-refractivity contribution in [3.63, 3.8) is 0 Å². The highest BCUT2D eigenvalue weighted by Crippen LogP contribution is 2.30. The highest BCUT2D eigenvalue weighted by atomic mass is 31.0. The van der Waals surface area contributed by atoms with Crippen LogP contribution in [0.4, 0.5) is 5.69 Å². The Balaban J connectivity index is 1.38. The summed E-state index contributed by atoms with van der Waals surface area (Å²) in [6.07, 6.45) is 5.70. The van der Waals surface area contributed by atoms with Crippen LogP contribution in [0.15, 0.2) is 55.4 Å². The van der Waals surface area contributed by atoms with Gasteiger partial charge in [0, 0.05) is 43.2 Å². The number of hydrogen-bond donors (Lipinski definition) is 0. The van der Waals surface area contributed by atoms with Gasteiger partial charge in [-0.15, -0.1) is 9.24 Å². The number of aromatic nitrogens is 6. The monoisotopic (exact) mass is 469 g/mol. The maximum atomic E-state index is 5.49. The molecule has 0 bridgehead atoms. The van der Waals surface area contributed by atoms with Gasteiger partial charge in [-0.25, -0.2) is 24.9 Å². The molecule has 6 rings (SSSR count). The summed E-state index contributed by atoms with van der Waals surface area (Å²) in [7, 11) is 4.78. The fraction of sp³-hybridized carbons (Fsp3) is 0.240. The third-order valence-corrected chi connectivity index (χ3v) is 6.82. The molecule has 34 heavy (non-hydrogen) atoms. The first-order chi connectivity index (χ1) is 16.7. The molecule has 1 aliphatic rings. The molecular formula is C25H24N7OP. The van der Waals surface area contributed by atoms with Gasteiger partial charge >= 0.3 is 0 Å². The third-order valence-electron chi connectivity index (χ3n) is 6.31. The van der Waals surface area contributed by atoms with Gasteiger partial charge in [-0.2, -0.15) is 0 Å². The second kappa shape index (κ2) is 8.70. The Morgan fingerprint density at radius 3 is 2.68 bits per heavy atom. The van der Waals surface area contributed by atoms with Crippen molar-refractivity contribution in [2.24, 2.45) is 7.05 Å². The van der Waals surface area contributed by atoms with Crippen molar-refractivity contribution in [1.82, 2.24) is 29.5 Å². The van der Waals surface area contributed by atoms with E-state index in [1.165, 1.54) is 5.69 Å². The smallest absolute Gasteiger partial charge is 0.163 e. The lowest BCUT2D eigenvalue weighted by Crippen LogP contribution is -2.36. The minimum Gasteiger partial charge on any atom is -0.378 e. The van der Waals surface area contributed by atoms with Gasteiger partial charge in [-0.3, -0.25) is 0 Å². The van der Waals surface area contributed by atoms with E-state index in [-0.39, 0.29) is 0 Å². The van der Waals surface area contributed by atoms with E-state index < -0.39 is 0 Å². The number of hydrogen-bond acceptors (Lipinski definition) is 7. The molecule has 0 radical (unpaired) electrons. The van der Waals surface area contributed by atoms with Crippen LogP contribution in [0.5, 0.6) is 0 Å². The number of ether oxygens (including phenoxy) is 1. The molecule has 1 fully saturated rings. The van der Waals surface area contributed by atoms with Gasteiger partial charge in [0.1, 0.15) is 18.2 Å². The standard InChI is InChI=1S/C25H24N7OP/c1-31-15-30-24-21(27-14-29-25(24)31)11-16-2-5-22(34)19(10-16)23-18-4-3-17(12-20(18)26-13-28-23)32-6-8-33-9-7-32/h2-5,10,12-15H,6-9,11,34H2,1H3. The molecule has 1 unspecified atom stereocenters. The van der Waals surface area contributed by atoms with Crippen molar-refractivity contribution >= 4 is 42.3 Å². The molecule has 0 N–H and O–H groups in total. The van der Waals surface area contributed by atoms with E-state index in [0.29, 0.717) is 6.42 Å². The van der Waals surface area contributed by atoms with Gasteiger partial charge in [-0.05, 0) is 35.1 Å². The van der Waals surface area contributed by atoms with E-state index in [4.69, 9.17) is 4.74 Å². The van der Waals surface area contributed by atoms with Crippen LogP contribution in [0.1, 0.15) is 11.3 Å². The van der Waals surface area contributed by atoms with Crippen molar-refractivity contribution in [2.45, 2.75) is 6.42 Å². The van der Waals surface area contributed by atoms with Gasteiger partial charge in [0.2, 0.25) is 0 Å². The van der Waals surface area contributed by atoms with Gasteiger partial charge in [0.15, 0.2) is 5.65 Å². The molecule has 1 saturated heterocycles. The molecule has 0 spiro atoms. The quantitative estimate of drug-likeness (QED) is 0.375. The van der Waals surface area contributed by atoms with E-state index in [2.05, 4.69) is 75.5 Å². The Morgan fingerprint density at radius 2 is 1.79 bits per heavy atom. The van der Waals surface area contributed by atoms with Crippen LogP contribution in [0, 0.1) is 0 Å². The zero-order chi connectivity index (χ0) is 23.1. The summed E-state index contributed by atoms with van der Waals surface area (Å²) >= 11 is 0. The normalized spacial score (nSPS) is 14.2. The number of fused-ring (bicyclic) bond motifs is 2. The van der Waals surface area contributed by atoms with Crippen LogP contribution >= 0.6 is 9.24 Å². The number of aryl methyl sites for hydroxylation is 1. The number of rotatable bonds is 4. The lowest BCUT2D eigenvalue weighted by atomic mass is 10.0. The Bertz CT molecular complexity index is 1510. The molecule has 8 nitrogen and oxygen atoms in total. The molecule has 3 aromatic heterocycles. The summed E-state index contributed by atoms with van der Waals surface area (Å²) in [4.78, 5) is 25.0. The first kappa shape index (κ1) is 21.1. The predicted octanol–water partition coefficient (Wildman–Crippen LogP) is 2.90. The topological polar surface area (TPSA) is 81.9 Å². The van der Waals surface area contributed by atoms with Crippen molar-refractivity contribution in [2.75, 3.05) is 31.2 Å². The molecule has 5 aromatic rings. The molecule has 9 heteroatoms. The lowest BCUT2D eigenvalue weighted by Gasteiger charge is -2.29. The lowest BCUT2D eigenvalue weighted by molar-refractivity contribution is 0.122. The molecule has 0 saturated carbocycles. The average Bonchev–Trinajstić information content (AvgIpc) is 3.27. The highest BCUT2D eigenvalue weighted by Gasteiger charge is 2.16. The summed E-state index contributed by atoms with van der Waals surface area (Å²) in [5.41, 5.74) is 7.84. The van der Waals surface area contributed by atoms with Crippen LogP contribution in [-0.4, -0.2) is 55.8 Å². The van der Waals surface area contributed by atoms with E-state index in [9.17, 15) is 0 Å². The maximum Gasteiger partial charge on any atom is 0.163 e. The summed E-state index contributed by atoms with van der Waals surface area (Å²) in [5.74, 6) is 0. The van der Waals surface area contributed by atoms with E-state index >= 15 is 0 Å². The van der Waals surface area contributed by atoms with Gasteiger partial charge in [0.25, 0.3) is 0 Å². The van der Waals surface area contributed by atoms with Gasteiger partial charge in [-0.1, -0.05) is 12.1 Å². The largest absolute Gasteiger partial charge is 0.378 e. The Labute approximate surface area is 199 Å². The molecule has 0 amide bonds. The first-order valence-corrected chi connectivity index (χ1v) is 11.8. The SMILES string of the molecule is Cn1cnc2c(Cc3ccc(P)c(-c4ncnc5cc(N6CCOCC6)ccc45)c3)ncnc21. The molecule has 4 heterocycles. The number of imidazole rings is 1. The summed E-state index contributed by atoms with van der Waals surface area (Å²) in [5, 5.41) is 2.13. The number of anilines is 1. The Kier molecular flexibility index (Phi) is 5.40. The molecule has 1 aliphatic heterocycles. The third kappa shape index (κ3) is 3.79. The Morgan fingerprint density at radius 1 is 0.941 bits per heavy atom. The van der Waals surface area contributed by atoms with E-state index in [1.807, 2.05) is 11.6 Å². The van der Waals surface area contributed by atoms with Crippen LogP contribution in [0.3, 0.4) is 0 Å².